The van der Waals surface area contributed by atoms with Crippen LogP contribution in [0.5, 0.6) is 5.75 Å². The summed E-state index contributed by atoms with van der Waals surface area (Å²) >= 11 is 1.67. The van der Waals surface area contributed by atoms with Crippen molar-refractivity contribution in [1.29, 1.82) is 0 Å². The molecule has 2 aromatic rings. The zero-order valence-corrected chi connectivity index (χ0v) is 13.8. The van der Waals surface area contributed by atoms with Crippen molar-refractivity contribution in [1.82, 2.24) is 4.90 Å². The monoisotopic (exact) mass is 352 g/mol. The van der Waals surface area contributed by atoms with Crippen LogP contribution < -0.4 is 10.1 Å². The number of carbonyl (C=O) groups excluding carboxylic acids is 1. The van der Waals surface area contributed by atoms with Crippen molar-refractivity contribution in [3.05, 3.63) is 46.7 Å². The van der Waals surface area contributed by atoms with E-state index in [1.54, 1.807) is 23.5 Å². The van der Waals surface area contributed by atoms with Crippen LogP contribution in [0.4, 0.5) is 14.5 Å². The van der Waals surface area contributed by atoms with Crippen molar-refractivity contribution < 1.29 is 18.3 Å². The van der Waals surface area contributed by atoms with Gasteiger partial charge in [0.2, 0.25) is 5.91 Å². The summed E-state index contributed by atoms with van der Waals surface area (Å²) in [4.78, 5) is 15.6. The van der Waals surface area contributed by atoms with Crippen molar-refractivity contribution >= 4 is 22.9 Å². The van der Waals surface area contributed by atoms with Gasteiger partial charge < -0.3 is 15.0 Å². The number of carbonyl (C=O) groups is 1. The van der Waals surface area contributed by atoms with Crippen LogP contribution in [0.3, 0.4) is 0 Å². The van der Waals surface area contributed by atoms with E-state index in [9.17, 15) is 13.6 Å². The molecule has 1 amide bonds. The maximum Gasteiger partial charge on any atom is 0.387 e. The quantitative estimate of drug-likeness (QED) is 0.850. The third-order valence-corrected chi connectivity index (χ3v) is 4.94. The number of thiophene rings is 1. The zero-order valence-electron chi connectivity index (χ0n) is 13.0. The number of anilines is 1. The number of hydrogen-bond donors (Lipinski definition) is 1. The number of benzene rings is 1. The van der Waals surface area contributed by atoms with Crippen LogP contribution in [0.2, 0.25) is 0 Å². The zero-order chi connectivity index (χ0) is 16.9. The average molecular weight is 352 g/mol. The van der Waals surface area contributed by atoms with Gasteiger partial charge in [-0.3, -0.25) is 4.79 Å². The number of amides is 1. The van der Waals surface area contributed by atoms with E-state index < -0.39 is 6.61 Å². The minimum atomic E-state index is -2.84. The first-order valence-corrected chi connectivity index (χ1v) is 8.63. The number of alkyl halides is 2. The van der Waals surface area contributed by atoms with Gasteiger partial charge in [-0.05, 0) is 48.6 Å². The summed E-state index contributed by atoms with van der Waals surface area (Å²) in [6.45, 7) is -1.89. The van der Waals surface area contributed by atoms with Crippen molar-refractivity contribution in [3.63, 3.8) is 0 Å². The van der Waals surface area contributed by atoms with Crippen LogP contribution in [0.1, 0.15) is 23.8 Å². The molecule has 1 aliphatic rings. The second-order valence-corrected chi connectivity index (χ2v) is 6.50. The maximum atomic E-state index is 12.5. The minimum Gasteiger partial charge on any atom is -0.435 e. The number of nitrogens with one attached hydrogen (secondary N) is 1. The Balaban J connectivity index is 1.55. The first-order valence-electron chi connectivity index (χ1n) is 7.75. The molecule has 0 aliphatic carbocycles. The van der Waals surface area contributed by atoms with Gasteiger partial charge in [0.25, 0.3) is 0 Å². The Morgan fingerprint density at radius 2 is 2.12 bits per heavy atom. The Morgan fingerprint density at radius 3 is 2.79 bits per heavy atom. The van der Waals surface area contributed by atoms with Crippen molar-refractivity contribution in [2.24, 2.45) is 0 Å². The van der Waals surface area contributed by atoms with E-state index in [2.05, 4.69) is 16.1 Å². The number of rotatable bonds is 6. The highest BCUT2D eigenvalue weighted by Crippen LogP contribution is 2.34. The Morgan fingerprint density at radius 1 is 1.33 bits per heavy atom. The third kappa shape index (κ3) is 4.03. The van der Waals surface area contributed by atoms with Gasteiger partial charge >= 0.3 is 6.61 Å². The summed E-state index contributed by atoms with van der Waals surface area (Å²) in [6, 6.07) is 10.4. The van der Waals surface area contributed by atoms with Crippen LogP contribution in [0.15, 0.2) is 41.8 Å². The smallest absolute Gasteiger partial charge is 0.387 e. The van der Waals surface area contributed by atoms with E-state index >= 15 is 0 Å². The molecule has 1 aliphatic heterocycles. The van der Waals surface area contributed by atoms with Gasteiger partial charge in [-0.1, -0.05) is 6.07 Å². The molecule has 1 N–H and O–H groups in total. The standard InChI is InChI=1S/C17H18F2N2O2S/c18-17(19)23-13-7-5-12(6-8-13)20-11-16(22)21-9-1-3-14(21)15-4-2-10-24-15/h2,4-8,10,14,17,20H,1,3,9,11H2. The van der Waals surface area contributed by atoms with E-state index in [0.717, 1.165) is 19.4 Å². The molecule has 1 aromatic heterocycles. The average Bonchev–Trinajstić information content (AvgIpc) is 3.24. The molecule has 0 spiro atoms. The van der Waals surface area contributed by atoms with Gasteiger partial charge in [-0.25, -0.2) is 0 Å². The fourth-order valence-electron chi connectivity index (χ4n) is 2.88. The molecule has 3 rings (SSSR count). The summed E-state index contributed by atoms with van der Waals surface area (Å²) in [7, 11) is 0. The van der Waals surface area contributed by atoms with Crippen molar-refractivity contribution in [3.8, 4) is 5.75 Å². The molecule has 2 heterocycles. The summed E-state index contributed by atoms with van der Waals surface area (Å²) in [5.74, 6) is 0.137. The van der Waals surface area contributed by atoms with Gasteiger partial charge in [0, 0.05) is 17.1 Å². The minimum absolute atomic E-state index is 0.0406. The lowest BCUT2D eigenvalue weighted by Crippen LogP contribution is -2.34. The number of nitrogens with zero attached hydrogens (tertiary/aromatic N) is 1. The van der Waals surface area contributed by atoms with Gasteiger partial charge in [-0.15, -0.1) is 11.3 Å². The molecule has 128 valence electrons. The number of ether oxygens (including phenoxy) is 1. The molecule has 1 aromatic carbocycles. The van der Waals surface area contributed by atoms with Crippen LogP contribution in [0.25, 0.3) is 0 Å². The van der Waals surface area contributed by atoms with Crippen LogP contribution in [0, 0.1) is 0 Å². The predicted octanol–water partition coefficient (Wildman–Crippen LogP) is 4.13. The number of likely N-dealkylation sites (tertiary alicyclic amines) is 1. The first kappa shape index (κ1) is 16.7. The normalized spacial score (nSPS) is 17.3. The van der Waals surface area contributed by atoms with E-state index in [0.29, 0.717) is 5.69 Å². The summed E-state index contributed by atoms with van der Waals surface area (Å²) in [5.41, 5.74) is 0.692. The molecule has 0 saturated carbocycles. The molecule has 1 unspecified atom stereocenters. The Hall–Kier alpha value is -2.15. The van der Waals surface area contributed by atoms with Crippen molar-refractivity contribution in [2.45, 2.75) is 25.5 Å². The SMILES string of the molecule is O=C(CNc1ccc(OC(F)F)cc1)N1CCCC1c1cccs1. The molecule has 1 fully saturated rings. The summed E-state index contributed by atoms with van der Waals surface area (Å²) in [5, 5.41) is 5.06. The Bertz CT molecular complexity index is 662. The summed E-state index contributed by atoms with van der Waals surface area (Å²) < 4.78 is 28.5. The fourth-order valence-corrected chi connectivity index (χ4v) is 3.75. The molecule has 24 heavy (non-hydrogen) atoms. The molecule has 1 atom stereocenters. The summed E-state index contributed by atoms with van der Waals surface area (Å²) in [6.07, 6.45) is 2.00. The largest absolute Gasteiger partial charge is 0.435 e. The van der Waals surface area contributed by atoms with Gasteiger partial charge in [-0.2, -0.15) is 8.78 Å². The molecule has 1 saturated heterocycles. The van der Waals surface area contributed by atoms with Crippen LogP contribution >= 0.6 is 11.3 Å². The first-order chi connectivity index (χ1) is 11.6. The van der Waals surface area contributed by atoms with Crippen molar-refractivity contribution in [2.75, 3.05) is 18.4 Å². The third-order valence-electron chi connectivity index (χ3n) is 3.97. The molecule has 7 heteroatoms. The number of hydrogen-bond acceptors (Lipinski definition) is 4. The van der Waals surface area contributed by atoms with E-state index in [-0.39, 0.29) is 24.2 Å². The topological polar surface area (TPSA) is 41.6 Å². The second-order valence-electron chi connectivity index (χ2n) is 5.52. The van der Waals surface area contributed by atoms with Gasteiger partial charge in [0.15, 0.2) is 0 Å². The molecular weight excluding hydrogens is 334 g/mol. The van der Waals surface area contributed by atoms with E-state index in [1.165, 1.54) is 17.0 Å². The molecule has 0 radical (unpaired) electrons. The lowest BCUT2D eigenvalue weighted by Gasteiger charge is -2.24. The highest BCUT2D eigenvalue weighted by Gasteiger charge is 2.30. The Labute approximate surface area is 143 Å². The molecular formula is C17H18F2N2O2S. The molecule has 4 nitrogen and oxygen atoms in total. The van der Waals surface area contributed by atoms with Crippen LogP contribution in [-0.4, -0.2) is 30.5 Å². The highest BCUT2D eigenvalue weighted by molar-refractivity contribution is 7.10. The van der Waals surface area contributed by atoms with Gasteiger partial charge in [0.1, 0.15) is 5.75 Å². The Kier molecular flexibility index (Phi) is 5.30. The second kappa shape index (κ2) is 7.61. The maximum absolute atomic E-state index is 12.5. The lowest BCUT2D eigenvalue weighted by molar-refractivity contribution is -0.130. The lowest BCUT2D eigenvalue weighted by atomic mass is 10.2. The van der Waals surface area contributed by atoms with E-state index in [1.807, 2.05) is 16.3 Å². The predicted molar refractivity (Wildman–Crippen MR) is 89.6 cm³/mol. The van der Waals surface area contributed by atoms with Crippen LogP contribution in [-0.2, 0) is 4.79 Å². The highest BCUT2D eigenvalue weighted by atomic mass is 32.1. The van der Waals surface area contributed by atoms with Gasteiger partial charge in [0.05, 0.1) is 12.6 Å². The number of halogens is 2. The fraction of sp³-hybridized carbons (Fsp3) is 0.353. The van der Waals surface area contributed by atoms with E-state index in [4.69, 9.17) is 0 Å². The molecule has 0 bridgehead atoms.